The van der Waals surface area contributed by atoms with E-state index in [0.717, 1.165) is 0 Å². The van der Waals surface area contributed by atoms with Crippen LogP contribution in [-0.2, 0) is 0 Å². The van der Waals surface area contributed by atoms with E-state index in [2.05, 4.69) is 10.1 Å². The van der Waals surface area contributed by atoms with Crippen molar-refractivity contribution in [1.29, 1.82) is 5.26 Å². The van der Waals surface area contributed by atoms with E-state index in [0.29, 0.717) is 16.9 Å². The van der Waals surface area contributed by atoms with Crippen molar-refractivity contribution in [3.8, 4) is 6.07 Å². The molecule has 0 unspecified atom stereocenters. The average Bonchev–Trinajstić information content (AvgIpc) is 2.42. The van der Waals surface area contributed by atoms with E-state index in [1.54, 1.807) is 0 Å². The summed E-state index contributed by atoms with van der Waals surface area (Å²) in [5.41, 5.74) is 12.3. The number of hydrogen-bond donors (Lipinski definition) is 2. The molecule has 0 fully saturated rings. The van der Waals surface area contributed by atoms with Crippen LogP contribution in [0.1, 0.15) is 5.56 Å². The molecule has 0 saturated carbocycles. The van der Waals surface area contributed by atoms with Gasteiger partial charge in [0.05, 0.1) is 11.8 Å². The van der Waals surface area contributed by atoms with Crippen molar-refractivity contribution in [2.45, 2.75) is 0 Å². The van der Waals surface area contributed by atoms with Gasteiger partial charge in [-0.05, 0) is 0 Å². The zero-order chi connectivity index (χ0) is 9.42. The summed E-state index contributed by atoms with van der Waals surface area (Å²) in [7, 11) is 0. The number of hydrogen-bond acceptors (Lipinski definition) is 5. The summed E-state index contributed by atoms with van der Waals surface area (Å²) in [5, 5.41) is 12.5. The molecule has 2 aromatic heterocycles. The van der Waals surface area contributed by atoms with Crippen LogP contribution in [0.4, 0.5) is 11.5 Å². The molecule has 2 aromatic rings. The summed E-state index contributed by atoms with van der Waals surface area (Å²) in [6.45, 7) is 0. The van der Waals surface area contributed by atoms with Crippen molar-refractivity contribution in [3.05, 3.63) is 18.0 Å². The highest BCUT2D eigenvalue weighted by atomic mass is 15.3. The second-order valence-electron chi connectivity index (χ2n) is 2.52. The van der Waals surface area contributed by atoms with E-state index in [4.69, 9.17) is 16.7 Å². The number of aromatic nitrogens is 3. The summed E-state index contributed by atoms with van der Waals surface area (Å²) < 4.78 is 1.39. The minimum atomic E-state index is 0.225. The number of rotatable bonds is 0. The summed E-state index contributed by atoms with van der Waals surface area (Å²) in [5.74, 6) is 0.225. The Labute approximate surface area is 73.4 Å². The fourth-order valence-corrected chi connectivity index (χ4v) is 1.03. The van der Waals surface area contributed by atoms with Crippen LogP contribution in [-0.4, -0.2) is 14.6 Å². The summed E-state index contributed by atoms with van der Waals surface area (Å²) in [6, 6.07) is 1.94. The molecule has 0 spiro atoms. The van der Waals surface area contributed by atoms with Gasteiger partial charge in [0.2, 0.25) is 0 Å². The summed E-state index contributed by atoms with van der Waals surface area (Å²) in [4.78, 5) is 3.95. The highest BCUT2D eigenvalue weighted by Gasteiger charge is 2.07. The topological polar surface area (TPSA) is 106 Å². The predicted molar refractivity (Wildman–Crippen MR) is 46.5 cm³/mol. The van der Waals surface area contributed by atoms with Crippen molar-refractivity contribution in [2.24, 2.45) is 0 Å². The van der Waals surface area contributed by atoms with E-state index < -0.39 is 0 Å². The van der Waals surface area contributed by atoms with Crippen molar-refractivity contribution in [1.82, 2.24) is 14.6 Å². The molecular weight excluding hydrogens is 168 g/mol. The molecule has 0 bridgehead atoms. The maximum atomic E-state index is 8.58. The fourth-order valence-electron chi connectivity index (χ4n) is 1.03. The Balaban J connectivity index is 2.82. The maximum absolute atomic E-state index is 8.58. The van der Waals surface area contributed by atoms with Gasteiger partial charge in [-0.2, -0.15) is 5.26 Å². The number of fused-ring (bicyclic) bond motifs is 1. The molecule has 6 heteroatoms. The molecule has 0 aliphatic rings. The van der Waals surface area contributed by atoms with Crippen LogP contribution < -0.4 is 11.5 Å². The maximum Gasteiger partial charge on any atom is 0.180 e. The highest BCUT2D eigenvalue weighted by molar-refractivity contribution is 5.75. The summed E-state index contributed by atoms with van der Waals surface area (Å²) >= 11 is 0. The molecule has 0 saturated heterocycles. The third kappa shape index (κ3) is 0.945. The third-order valence-electron chi connectivity index (χ3n) is 1.67. The van der Waals surface area contributed by atoms with Crippen molar-refractivity contribution < 1.29 is 0 Å². The molecule has 2 rings (SSSR count). The molecule has 0 radical (unpaired) electrons. The summed E-state index contributed by atoms with van der Waals surface area (Å²) in [6.07, 6.45) is 2.95. The van der Waals surface area contributed by atoms with Gasteiger partial charge in [0, 0.05) is 6.20 Å². The first kappa shape index (κ1) is 7.36. The Morgan fingerprint density at radius 3 is 2.92 bits per heavy atom. The van der Waals surface area contributed by atoms with Gasteiger partial charge in [0.15, 0.2) is 11.5 Å². The zero-order valence-corrected chi connectivity index (χ0v) is 6.60. The van der Waals surface area contributed by atoms with Crippen LogP contribution in [0.2, 0.25) is 0 Å². The monoisotopic (exact) mass is 174 g/mol. The SMILES string of the molecule is N#Cc1cnc2c(N)c(N)nn2c1. The van der Waals surface area contributed by atoms with Gasteiger partial charge < -0.3 is 11.5 Å². The van der Waals surface area contributed by atoms with E-state index in [1.165, 1.54) is 16.9 Å². The normalized spacial score (nSPS) is 10.1. The average molecular weight is 174 g/mol. The largest absolute Gasteiger partial charge is 0.393 e. The number of nitrogen functional groups attached to an aromatic ring is 2. The van der Waals surface area contributed by atoms with Crippen LogP contribution in [0, 0.1) is 11.3 Å². The standard InChI is InChI=1S/C7H6N6/c8-1-4-2-11-7-5(9)6(10)12-13(7)3-4/h2-3H,9H2,(H2,10,12). The number of nitrogens with zero attached hydrogens (tertiary/aromatic N) is 4. The molecule has 0 atom stereocenters. The van der Waals surface area contributed by atoms with Gasteiger partial charge >= 0.3 is 0 Å². The Bertz CT molecular complexity index is 505. The van der Waals surface area contributed by atoms with E-state index in [-0.39, 0.29) is 5.82 Å². The van der Waals surface area contributed by atoms with E-state index in [1.807, 2.05) is 6.07 Å². The van der Waals surface area contributed by atoms with Crippen molar-refractivity contribution in [3.63, 3.8) is 0 Å². The lowest BCUT2D eigenvalue weighted by molar-refractivity contribution is 0.940. The van der Waals surface area contributed by atoms with Crippen LogP contribution in [0.25, 0.3) is 5.65 Å². The minimum absolute atomic E-state index is 0.225. The first-order chi connectivity index (χ1) is 6.22. The first-order valence-electron chi connectivity index (χ1n) is 3.52. The van der Waals surface area contributed by atoms with Gasteiger partial charge in [-0.15, -0.1) is 5.10 Å². The Kier molecular flexibility index (Phi) is 1.33. The van der Waals surface area contributed by atoms with Gasteiger partial charge in [-0.25, -0.2) is 9.50 Å². The van der Waals surface area contributed by atoms with Crippen LogP contribution >= 0.6 is 0 Å². The molecule has 0 amide bonds. The second kappa shape index (κ2) is 2.35. The van der Waals surface area contributed by atoms with Crippen LogP contribution in [0.5, 0.6) is 0 Å². The van der Waals surface area contributed by atoms with Crippen LogP contribution in [0.3, 0.4) is 0 Å². The van der Waals surface area contributed by atoms with Crippen molar-refractivity contribution in [2.75, 3.05) is 11.5 Å². The second-order valence-corrected chi connectivity index (χ2v) is 2.52. The van der Waals surface area contributed by atoms with Crippen LogP contribution in [0.15, 0.2) is 12.4 Å². The smallest absolute Gasteiger partial charge is 0.180 e. The molecule has 64 valence electrons. The molecule has 0 aliphatic carbocycles. The molecule has 13 heavy (non-hydrogen) atoms. The predicted octanol–water partition coefficient (Wildman–Crippen LogP) is -0.235. The zero-order valence-electron chi connectivity index (χ0n) is 6.60. The van der Waals surface area contributed by atoms with Gasteiger partial charge in [0.1, 0.15) is 11.8 Å². The van der Waals surface area contributed by atoms with Gasteiger partial charge in [-0.3, -0.25) is 0 Å². The number of nitrogens with two attached hydrogens (primary N) is 2. The highest BCUT2D eigenvalue weighted by Crippen LogP contribution is 2.17. The first-order valence-corrected chi connectivity index (χ1v) is 3.52. The molecule has 6 nitrogen and oxygen atoms in total. The van der Waals surface area contributed by atoms with E-state index >= 15 is 0 Å². The molecule has 4 N–H and O–H groups in total. The lowest BCUT2D eigenvalue weighted by Crippen LogP contribution is -1.92. The van der Waals surface area contributed by atoms with Gasteiger partial charge in [-0.1, -0.05) is 0 Å². The molecule has 2 heterocycles. The minimum Gasteiger partial charge on any atom is -0.393 e. The Hall–Kier alpha value is -2.29. The number of nitriles is 1. The Morgan fingerprint density at radius 2 is 2.23 bits per heavy atom. The molecular formula is C7H6N6. The van der Waals surface area contributed by atoms with E-state index in [9.17, 15) is 0 Å². The molecule has 0 aliphatic heterocycles. The fraction of sp³-hybridized carbons (Fsp3) is 0. The van der Waals surface area contributed by atoms with Gasteiger partial charge in [0.25, 0.3) is 0 Å². The third-order valence-corrected chi connectivity index (χ3v) is 1.67. The van der Waals surface area contributed by atoms with Crippen molar-refractivity contribution >= 4 is 17.2 Å². The Morgan fingerprint density at radius 1 is 1.46 bits per heavy atom. The molecule has 0 aromatic carbocycles. The lowest BCUT2D eigenvalue weighted by Gasteiger charge is -1.91. The number of anilines is 2. The lowest BCUT2D eigenvalue weighted by atomic mass is 10.4. The quantitative estimate of drug-likeness (QED) is 0.573.